The molecule has 6 heteroatoms. The maximum atomic E-state index is 12.4. The van der Waals surface area contributed by atoms with Crippen molar-refractivity contribution in [3.05, 3.63) is 24.3 Å². The molecule has 20 heavy (non-hydrogen) atoms. The van der Waals surface area contributed by atoms with Gasteiger partial charge in [-0.1, -0.05) is 13.0 Å². The number of hydrogen-bond acceptors (Lipinski definition) is 3. The van der Waals surface area contributed by atoms with Crippen LogP contribution >= 0.6 is 0 Å². The fraction of sp³-hybridized carbons (Fsp3) is 0.500. The van der Waals surface area contributed by atoms with Crippen LogP contribution in [0.15, 0.2) is 24.3 Å². The predicted octanol–water partition coefficient (Wildman–Crippen LogP) is 2.62. The molecule has 1 aliphatic rings. The average molecular weight is 284 g/mol. The summed E-state index contributed by atoms with van der Waals surface area (Å²) < 4.78 is 28.6. The highest BCUT2D eigenvalue weighted by atomic mass is 19.3. The first-order valence-electron chi connectivity index (χ1n) is 6.63. The summed E-state index contributed by atoms with van der Waals surface area (Å²) in [6.07, 6.45) is 1.52. The number of hydrogen-bond donors (Lipinski definition) is 2. The summed E-state index contributed by atoms with van der Waals surface area (Å²) in [7, 11) is 0. The van der Waals surface area contributed by atoms with Gasteiger partial charge in [-0.15, -0.1) is 0 Å². The molecule has 0 saturated carbocycles. The van der Waals surface area contributed by atoms with Crippen LogP contribution in [0.3, 0.4) is 0 Å². The van der Waals surface area contributed by atoms with E-state index in [0.29, 0.717) is 12.2 Å². The number of halogens is 2. The minimum atomic E-state index is -2.87. The molecular weight excluding hydrogens is 266 g/mol. The normalized spacial score (nSPS) is 22.0. The lowest BCUT2D eigenvalue weighted by Crippen LogP contribution is -2.37. The first-order chi connectivity index (χ1) is 9.55. The quantitative estimate of drug-likeness (QED) is 0.874. The molecule has 1 saturated heterocycles. The Morgan fingerprint density at radius 3 is 2.95 bits per heavy atom. The molecule has 0 spiro atoms. The second-order valence-electron chi connectivity index (χ2n) is 4.92. The molecule has 0 bridgehead atoms. The number of carbonyl (C=O) groups is 1. The van der Waals surface area contributed by atoms with Gasteiger partial charge in [-0.2, -0.15) is 8.78 Å². The molecule has 1 amide bonds. The van der Waals surface area contributed by atoms with Gasteiger partial charge in [0.15, 0.2) is 0 Å². The van der Waals surface area contributed by atoms with E-state index in [2.05, 4.69) is 15.4 Å². The van der Waals surface area contributed by atoms with E-state index in [4.69, 9.17) is 0 Å². The molecule has 1 aromatic rings. The molecule has 2 N–H and O–H groups in total. The lowest BCUT2D eigenvalue weighted by Gasteiger charge is -2.25. The Balaban J connectivity index is 2.07. The smallest absolute Gasteiger partial charge is 0.387 e. The maximum absolute atomic E-state index is 12.4. The Bertz CT molecular complexity index is 474. The Kier molecular flexibility index (Phi) is 4.54. The van der Waals surface area contributed by atoms with E-state index >= 15 is 0 Å². The average Bonchev–Trinajstić information content (AvgIpc) is 2.88. The minimum absolute atomic E-state index is 0.0351. The largest absolute Gasteiger partial charge is 0.435 e. The van der Waals surface area contributed by atoms with Crippen LogP contribution in [-0.4, -0.2) is 25.6 Å². The lowest BCUT2D eigenvalue weighted by molar-refractivity contribution is -0.124. The number of anilines is 1. The lowest BCUT2D eigenvalue weighted by atomic mass is 9.83. The topological polar surface area (TPSA) is 50.4 Å². The van der Waals surface area contributed by atoms with Gasteiger partial charge in [0.1, 0.15) is 5.75 Å². The van der Waals surface area contributed by atoms with E-state index in [9.17, 15) is 13.6 Å². The second-order valence-corrected chi connectivity index (χ2v) is 4.92. The first kappa shape index (κ1) is 14.7. The Labute approximate surface area is 116 Å². The van der Waals surface area contributed by atoms with Gasteiger partial charge >= 0.3 is 6.61 Å². The van der Waals surface area contributed by atoms with E-state index in [1.165, 1.54) is 12.1 Å². The van der Waals surface area contributed by atoms with Gasteiger partial charge in [0.25, 0.3) is 0 Å². The highest BCUT2D eigenvalue weighted by Crippen LogP contribution is 2.31. The summed E-state index contributed by atoms with van der Waals surface area (Å²) in [5, 5.41) is 5.97. The SMILES string of the molecule is CCC1(C(=O)Nc2cccc(OC(F)F)c2)CCNC1. The number of amides is 1. The molecule has 0 radical (unpaired) electrons. The number of carbonyl (C=O) groups excluding carboxylic acids is 1. The van der Waals surface area contributed by atoms with Crippen molar-refractivity contribution in [2.45, 2.75) is 26.4 Å². The second kappa shape index (κ2) is 6.17. The highest BCUT2D eigenvalue weighted by Gasteiger charge is 2.39. The van der Waals surface area contributed by atoms with Crippen LogP contribution < -0.4 is 15.4 Å². The minimum Gasteiger partial charge on any atom is -0.435 e. The van der Waals surface area contributed by atoms with Crippen molar-refractivity contribution >= 4 is 11.6 Å². The van der Waals surface area contributed by atoms with E-state index in [-0.39, 0.29) is 11.7 Å². The van der Waals surface area contributed by atoms with Crippen LogP contribution in [-0.2, 0) is 4.79 Å². The molecule has 110 valence electrons. The summed E-state index contributed by atoms with van der Waals surface area (Å²) in [5.74, 6) is -0.0490. The van der Waals surface area contributed by atoms with Gasteiger partial charge in [-0.25, -0.2) is 0 Å². The zero-order valence-electron chi connectivity index (χ0n) is 11.3. The molecular formula is C14H18F2N2O2. The molecule has 1 heterocycles. The number of ether oxygens (including phenoxy) is 1. The van der Waals surface area contributed by atoms with Crippen molar-refractivity contribution in [3.63, 3.8) is 0 Å². The summed E-state index contributed by atoms with van der Waals surface area (Å²) in [6.45, 7) is 0.559. The Morgan fingerprint density at radius 2 is 2.35 bits per heavy atom. The van der Waals surface area contributed by atoms with Gasteiger partial charge in [0, 0.05) is 18.3 Å². The number of benzene rings is 1. The number of alkyl halides is 2. The third-order valence-electron chi connectivity index (χ3n) is 3.72. The standard InChI is InChI=1S/C14H18F2N2O2/c1-2-14(6-7-17-9-14)12(19)18-10-4-3-5-11(8-10)20-13(15)16/h3-5,8,13,17H,2,6-7,9H2,1H3,(H,18,19). The molecule has 1 unspecified atom stereocenters. The fourth-order valence-electron chi connectivity index (χ4n) is 2.41. The molecule has 1 fully saturated rings. The number of rotatable bonds is 5. The zero-order valence-corrected chi connectivity index (χ0v) is 11.3. The Morgan fingerprint density at radius 1 is 1.55 bits per heavy atom. The van der Waals surface area contributed by atoms with Crippen LogP contribution in [0.5, 0.6) is 5.75 Å². The summed E-state index contributed by atoms with van der Waals surface area (Å²) in [6, 6.07) is 6.05. The van der Waals surface area contributed by atoms with Gasteiger partial charge < -0.3 is 15.4 Å². The van der Waals surface area contributed by atoms with Gasteiger partial charge in [0.05, 0.1) is 5.41 Å². The third-order valence-corrected chi connectivity index (χ3v) is 3.72. The number of nitrogens with one attached hydrogen (secondary N) is 2. The van der Waals surface area contributed by atoms with Crippen molar-refractivity contribution in [2.24, 2.45) is 5.41 Å². The van der Waals surface area contributed by atoms with Crippen LogP contribution in [0.4, 0.5) is 14.5 Å². The third kappa shape index (κ3) is 3.25. The zero-order chi connectivity index (χ0) is 14.6. The summed E-state index contributed by atoms with van der Waals surface area (Å²) in [5.41, 5.74) is 0.0485. The van der Waals surface area contributed by atoms with Crippen LogP contribution in [0.1, 0.15) is 19.8 Å². The van der Waals surface area contributed by atoms with Gasteiger partial charge in [0.2, 0.25) is 5.91 Å². The summed E-state index contributed by atoms with van der Waals surface area (Å²) >= 11 is 0. The van der Waals surface area contributed by atoms with Crippen molar-refractivity contribution < 1.29 is 18.3 Å². The predicted molar refractivity (Wildman–Crippen MR) is 71.9 cm³/mol. The van der Waals surface area contributed by atoms with Crippen molar-refractivity contribution in [2.75, 3.05) is 18.4 Å². The Hall–Kier alpha value is -1.69. The van der Waals surface area contributed by atoms with E-state index in [1.54, 1.807) is 12.1 Å². The maximum Gasteiger partial charge on any atom is 0.387 e. The van der Waals surface area contributed by atoms with Crippen molar-refractivity contribution in [1.29, 1.82) is 0 Å². The van der Waals surface area contributed by atoms with Crippen molar-refractivity contribution in [1.82, 2.24) is 5.32 Å². The van der Waals surface area contributed by atoms with Crippen LogP contribution in [0.2, 0.25) is 0 Å². The van der Waals surface area contributed by atoms with Gasteiger partial charge in [-0.3, -0.25) is 4.79 Å². The molecule has 0 aromatic heterocycles. The summed E-state index contributed by atoms with van der Waals surface area (Å²) in [4.78, 5) is 12.4. The molecule has 4 nitrogen and oxygen atoms in total. The molecule has 2 rings (SSSR count). The van der Waals surface area contributed by atoms with Crippen LogP contribution in [0.25, 0.3) is 0 Å². The van der Waals surface area contributed by atoms with Crippen molar-refractivity contribution in [3.8, 4) is 5.75 Å². The van der Waals surface area contributed by atoms with Crippen LogP contribution in [0, 0.1) is 5.41 Å². The van der Waals surface area contributed by atoms with E-state index < -0.39 is 12.0 Å². The monoisotopic (exact) mass is 284 g/mol. The molecule has 0 aliphatic carbocycles. The first-order valence-corrected chi connectivity index (χ1v) is 6.63. The van der Waals surface area contributed by atoms with E-state index in [0.717, 1.165) is 19.4 Å². The fourth-order valence-corrected chi connectivity index (χ4v) is 2.41. The van der Waals surface area contributed by atoms with Gasteiger partial charge in [-0.05, 0) is 31.5 Å². The molecule has 1 aromatic carbocycles. The molecule has 1 aliphatic heterocycles. The van der Waals surface area contributed by atoms with E-state index in [1.807, 2.05) is 6.92 Å². The molecule has 1 atom stereocenters. The highest BCUT2D eigenvalue weighted by molar-refractivity contribution is 5.95.